The molecule has 0 aliphatic heterocycles. The first-order valence-corrected chi connectivity index (χ1v) is 4.96. The average Bonchev–Trinajstić information content (AvgIpc) is 2.21. The van der Waals surface area contributed by atoms with Crippen LogP contribution in [0.25, 0.3) is 0 Å². The summed E-state index contributed by atoms with van der Waals surface area (Å²) in [4.78, 5) is 4.27. The van der Waals surface area contributed by atoms with Crippen molar-refractivity contribution in [3.8, 4) is 0 Å². The summed E-state index contributed by atoms with van der Waals surface area (Å²) in [6, 6.07) is 10.1. The number of aliphatic imine (C=N–C) groups is 1. The minimum absolute atomic E-state index is 0. The Morgan fingerprint density at radius 2 is 1.64 bits per heavy atom. The lowest BCUT2D eigenvalue weighted by atomic mass is 10.1. The van der Waals surface area contributed by atoms with Crippen molar-refractivity contribution in [1.82, 2.24) is 0 Å². The highest BCUT2D eigenvalue weighted by molar-refractivity contribution is 5.99. The SMILES string of the molecule is C=C(C)N=C(C)c1ccccc1.CC.[HH]. The van der Waals surface area contributed by atoms with Crippen molar-refractivity contribution in [1.29, 1.82) is 0 Å². The molecule has 0 amide bonds. The lowest BCUT2D eigenvalue weighted by Crippen LogP contribution is -1.93. The second-order valence-corrected chi connectivity index (χ2v) is 2.80. The van der Waals surface area contributed by atoms with E-state index in [0.29, 0.717) is 0 Å². The van der Waals surface area contributed by atoms with Gasteiger partial charge >= 0.3 is 0 Å². The fraction of sp³-hybridized carbons (Fsp3) is 0.308. The van der Waals surface area contributed by atoms with Gasteiger partial charge in [-0.3, -0.25) is 4.99 Å². The molecular formula is C13H21N. The second kappa shape index (κ2) is 7.07. The van der Waals surface area contributed by atoms with Gasteiger partial charge in [0.05, 0.1) is 0 Å². The van der Waals surface area contributed by atoms with Gasteiger partial charge in [-0.15, -0.1) is 0 Å². The summed E-state index contributed by atoms with van der Waals surface area (Å²) in [5.74, 6) is 0. The fourth-order valence-corrected chi connectivity index (χ4v) is 1.03. The Bertz CT molecular complexity index is 302. The van der Waals surface area contributed by atoms with Gasteiger partial charge in [-0.2, -0.15) is 0 Å². The predicted octanol–water partition coefficient (Wildman–Crippen LogP) is 4.30. The maximum absolute atomic E-state index is 4.27. The average molecular weight is 191 g/mol. The zero-order valence-corrected chi connectivity index (χ0v) is 9.54. The first-order chi connectivity index (χ1) is 6.70. The number of benzene rings is 1. The zero-order chi connectivity index (χ0) is 11.0. The lowest BCUT2D eigenvalue weighted by Gasteiger charge is -1.98. The summed E-state index contributed by atoms with van der Waals surface area (Å²) in [5, 5.41) is 0. The molecule has 0 spiro atoms. The zero-order valence-electron chi connectivity index (χ0n) is 9.54. The normalized spacial score (nSPS) is 10.1. The number of hydrogen-bond acceptors (Lipinski definition) is 1. The van der Waals surface area contributed by atoms with Crippen LogP contribution >= 0.6 is 0 Å². The quantitative estimate of drug-likeness (QED) is 0.618. The molecule has 0 unspecified atom stereocenters. The lowest BCUT2D eigenvalue weighted by molar-refractivity contribution is 1.31. The predicted molar refractivity (Wildman–Crippen MR) is 66.9 cm³/mol. The summed E-state index contributed by atoms with van der Waals surface area (Å²) >= 11 is 0. The number of allylic oxidation sites excluding steroid dienone is 1. The van der Waals surface area contributed by atoms with E-state index in [-0.39, 0.29) is 1.43 Å². The molecule has 1 heteroatoms. The summed E-state index contributed by atoms with van der Waals surface area (Å²) in [7, 11) is 0. The Kier molecular flexibility index (Phi) is 6.38. The van der Waals surface area contributed by atoms with Gasteiger partial charge in [-0.1, -0.05) is 50.8 Å². The Hall–Kier alpha value is -1.37. The molecule has 0 aromatic heterocycles. The highest BCUT2D eigenvalue weighted by Gasteiger charge is 1.93. The second-order valence-electron chi connectivity index (χ2n) is 2.80. The molecule has 0 saturated carbocycles. The van der Waals surface area contributed by atoms with Crippen molar-refractivity contribution in [2.24, 2.45) is 4.99 Å². The van der Waals surface area contributed by atoms with Crippen LogP contribution in [0.1, 0.15) is 34.7 Å². The Labute approximate surface area is 88.7 Å². The monoisotopic (exact) mass is 191 g/mol. The van der Waals surface area contributed by atoms with Gasteiger partial charge in [0.1, 0.15) is 0 Å². The van der Waals surface area contributed by atoms with Crippen LogP contribution in [-0.2, 0) is 0 Å². The van der Waals surface area contributed by atoms with Gasteiger partial charge in [0.25, 0.3) is 0 Å². The maximum atomic E-state index is 4.27. The van der Waals surface area contributed by atoms with E-state index in [4.69, 9.17) is 0 Å². The molecule has 0 aliphatic carbocycles. The van der Waals surface area contributed by atoms with Crippen molar-refractivity contribution in [2.75, 3.05) is 0 Å². The molecule has 0 fully saturated rings. The summed E-state index contributed by atoms with van der Waals surface area (Å²) in [6.45, 7) is 11.6. The van der Waals surface area contributed by atoms with Crippen LogP contribution in [0.15, 0.2) is 47.6 Å². The van der Waals surface area contributed by atoms with E-state index in [1.807, 2.05) is 58.0 Å². The number of nitrogens with zero attached hydrogens (tertiary/aromatic N) is 1. The minimum atomic E-state index is 0. The van der Waals surface area contributed by atoms with Gasteiger partial charge < -0.3 is 0 Å². The minimum Gasteiger partial charge on any atom is -0.258 e. The van der Waals surface area contributed by atoms with Crippen LogP contribution in [0.4, 0.5) is 0 Å². The van der Waals surface area contributed by atoms with Gasteiger partial charge in [0.2, 0.25) is 0 Å². The molecule has 78 valence electrons. The highest BCUT2D eigenvalue weighted by atomic mass is 14.7. The maximum Gasteiger partial charge on any atom is 0.0447 e. The van der Waals surface area contributed by atoms with E-state index in [0.717, 1.165) is 17.0 Å². The smallest absolute Gasteiger partial charge is 0.0447 e. The first-order valence-electron chi connectivity index (χ1n) is 4.96. The number of hydrogen-bond donors (Lipinski definition) is 0. The Morgan fingerprint density at radius 3 is 2.07 bits per heavy atom. The first kappa shape index (κ1) is 12.6. The van der Waals surface area contributed by atoms with E-state index in [1.54, 1.807) is 0 Å². The molecule has 0 N–H and O–H groups in total. The Balaban J connectivity index is 0. The molecule has 0 saturated heterocycles. The van der Waals surface area contributed by atoms with Crippen molar-refractivity contribution >= 4 is 5.71 Å². The summed E-state index contributed by atoms with van der Waals surface area (Å²) in [5.41, 5.74) is 3.01. The van der Waals surface area contributed by atoms with Gasteiger partial charge in [-0.25, -0.2) is 0 Å². The van der Waals surface area contributed by atoms with Crippen LogP contribution in [0.3, 0.4) is 0 Å². The third-order valence-corrected chi connectivity index (χ3v) is 1.55. The van der Waals surface area contributed by atoms with Gasteiger partial charge in [0, 0.05) is 12.8 Å². The van der Waals surface area contributed by atoms with Crippen molar-refractivity contribution in [3.63, 3.8) is 0 Å². The van der Waals surface area contributed by atoms with E-state index >= 15 is 0 Å². The standard InChI is InChI=1S/C11H13N.C2H6.H2/c1-9(2)12-10(3)11-7-5-4-6-8-11;1-2;/h4-8H,1H2,2-3H3;1-2H3;1H. The van der Waals surface area contributed by atoms with E-state index in [2.05, 4.69) is 11.6 Å². The molecule has 1 nitrogen and oxygen atoms in total. The van der Waals surface area contributed by atoms with Gasteiger partial charge in [-0.05, 0) is 19.4 Å². The summed E-state index contributed by atoms with van der Waals surface area (Å²) in [6.07, 6.45) is 0. The van der Waals surface area contributed by atoms with Gasteiger partial charge in [0.15, 0.2) is 0 Å². The third-order valence-electron chi connectivity index (χ3n) is 1.55. The molecular weight excluding hydrogens is 170 g/mol. The van der Waals surface area contributed by atoms with E-state index < -0.39 is 0 Å². The molecule has 14 heavy (non-hydrogen) atoms. The molecule has 0 bridgehead atoms. The summed E-state index contributed by atoms with van der Waals surface area (Å²) < 4.78 is 0. The fourth-order valence-electron chi connectivity index (χ4n) is 1.03. The largest absolute Gasteiger partial charge is 0.258 e. The molecule has 0 aliphatic rings. The molecule has 0 atom stereocenters. The molecule has 1 aromatic carbocycles. The highest BCUT2D eigenvalue weighted by Crippen LogP contribution is 2.02. The topological polar surface area (TPSA) is 12.4 Å². The van der Waals surface area contributed by atoms with E-state index in [1.165, 1.54) is 0 Å². The van der Waals surface area contributed by atoms with Crippen LogP contribution in [0.2, 0.25) is 0 Å². The van der Waals surface area contributed by atoms with Crippen LogP contribution in [0, 0.1) is 0 Å². The molecule has 1 rings (SSSR count). The molecule has 1 aromatic rings. The van der Waals surface area contributed by atoms with Crippen molar-refractivity contribution < 1.29 is 1.43 Å². The van der Waals surface area contributed by atoms with Crippen LogP contribution < -0.4 is 0 Å². The van der Waals surface area contributed by atoms with Crippen LogP contribution in [0.5, 0.6) is 0 Å². The number of rotatable bonds is 2. The third kappa shape index (κ3) is 4.61. The van der Waals surface area contributed by atoms with Crippen molar-refractivity contribution in [3.05, 3.63) is 48.2 Å². The van der Waals surface area contributed by atoms with Crippen molar-refractivity contribution in [2.45, 2.75) is 27.7 Å². The molecule has 0 heterocycles. The Morgan fingerprint density at radius 1 is 1.14 bits per heavy atom. The molecule has 0 radical (unpaired) electrons. The van der Waals surface area contributed by atoms with Crippen LogP contribution in [-0.4, -0.2) is 5.71 Å². The van der Waals surface area contributed by atoms with E-state index in [9.17, 15) is 0 Å².